The predicted octanol–water partition coefficient (Wildman–Crippen LogP) is 3.90. The van der Waals surface area contributed by atoms with Gasteiger partial charge < -0.3 is 0 Å². The molecule has 0 saturated carbocycles. The van der Waals surface area contributed by atoms with E-state index in [1.807, 2.05) is 0 Å². The average Bonchev–Trinajstić information content (AvgIpc) is 1.85. The molecule has 0 aliphatic carbocycles. The molecule has 0 saturated heterocycles. The van der Waals surface area contributed by atoms with Crippen LogP contribution in [0.3, 0.4) is 0 Å². The van der Waals surface area contributed by atoms with E-state index in [9.17, 15) is 0 Å². The first-order valence-corrected chi connectivity index (χ1v) is 7.31. The minimum atomic E-state index is -0.878. The van der Waals surface area contributed by atoms with Crippen LogP contribution in [0.1, 0.15) is 34.6 Å². The summed E-state index contributed by atoms with van der Waals surface area (Å²) in [6, 6.07) is 1.43. The third-order valence-electron chi connectivity index (χ3n) is 3.40. The first-order chi connectivity index (χ1) is 4.45. The Kier molecular flexibility index (Phi) is 3.64. The van der Waals surface area contributed by atoms with Gasteiger partial charge in [-0.25, -0.2) is 0 Å². The molecular weight excluding hydrogens is 136 g/mol. The van der Waals surface area contributed by atoms with Crippen LogP contribution in [-0.2, 0) is 0 Å². The van der Waals surface area contributed by atoms with Crippen LogP contribution in [0.15, 0.2) is 0 Å². The van der Waals surface area contributed by atoms with Gasteiger partial charge in [0.15, 0.2) is 0 Å². The van der Waals surface area contributed by atoms with Crippen molar-refractivity contribution in [3.05, 3.63) is 0 Å². The summed E-state index contributed by atoms with van der Waals surface area (Å²) in [5.74, 6) is 0. The van der Waals surface area contributed by atoms with E-state index in [2.05, 4.69) is 41.2 Å². The Morgan fingerprint density at radius 3 is 1.30 bits per heavy atom. The Morgan fingerprint density at radius 1 is 1.00 bits per heavy atom. The molecule has 0 aliphatic heterocycles. The van der Waals surface area contributed by atoms with Crippen molar-refractivity contribution < 1.29 is 0 Å². The lowest BCUT2D eigenvalue weighted by Gasteiger charge is -2.34. The molecule has 1 heteroatoms. The van der Waals surface area contributed by atoms with Gasteiger partial charge in [-0.3, -0.25) is 0 Å². The largest absolute Gasteiger partial charge is 0.0688 e. The second kappa shape index (κ2) is 3.56. The first-order valence-electron chi connectivity index (χ1n) is 4.45. The monoisotopic (exact) mass is 158 g/mol. The SMILES string of the molecule is CC[Si](C)(C(C)C)C(C)C. The lowest BCUT2D eigenvalue weighted by atomic mass is 10.5. The normalized spacial score (nSPS) is 13.2. The summed E-state index contributed by atoms with van der Waals surface area (Å²) >= 11 is 0. The standard InChI is InChI=1S/C9H22Si/c1-7-10(6,8(2)3)9(4)5/h8-9H,7H2,1-6H3. The van der Waals surface area contributed by atoms with Gasteiger partial charge in [0.25, 0.3) is 0 Å². The van der Waals surface area contributed by atoms with E-state index in [-0.39, 0.29) is 0 Å². The van der Waals surface area contributed by atoms with Crippen molar-refractivity contribution in [3.63, 3.8) is 0 Å². The third-order valence-corrected chi connectivity index (χ3v) is 10.2. The maximum atomic E-state index is 2.53. The minimum absolute atomic E-state index is 0.878. The Bertz CT molecular complexity index is 86.9. The molecule has 0 amide bonds. The van der Waals surface area contributed by atoms with Crippen LogP contribution in [0.2, 0.25) is 23.7 Å². The molecule has 0 atom stereocenters. The summed E-state index contributed by atoms with van der Waals surface area (Å²) < 4.78 is 0. The summed E-state index contributed by atoms with van der Waals surface area (Å²) in [6.45, 7) is 14.4. The molecule has 62 valence electrons. The van der Waals surface area contributed by atoms with Crippen molar-refractivity contribution in [2.24, 2.45) is 0 Å². The molecule has 0 aromatic heterocycles. The van der Waals surface area contributed by atoms with Gasteiger partial charge in [0.05, 0.1) is 8.07 Å². The first kappa shape index (κ1) is 10.2. The zero-order valence-electron chi connectivity index (χ0n) is 8.36. The van der Waals surface area contributed by atoms with Crippen molar-refractivity contribution in [1.29, 1.82) is 0 Å². The fourth-order valence-electron chi connectivity index (χ4n) is 1.48. The summed E-state index contributed by atoms with van der Waals surface area (Å²) in [5.41, 5.74) is 1.88. The summed E-state index contributed by atoms with van der Waals surface area (Å²) in [6.07, 6.45) is 0. The zero-order valence-corrected chi connectivity index (χ0v) is 9.36. The van der Waals surface area contributed by atoms with Gasteiger partial charge in [0.2, 0.25) is 0 Å². The van der Waals surface area contributed by atoms with E-state index >= 15 is 0 Å². The molecule has 0 nitrogen and oxygen atoms in total. The number of hydrogen-bond donors (Lipinski definition) is 0. The minimum Gasteiger partial charge on any atom is -0.0688 e. The van der Waals surface area contributed by atoms with Gasteiger partial charge in [-0.2, -0.15) is 0 Å². The van der Waals surface area contributed by atoms with Gasteiger partial charge >= 0.3 is 0 Å². The highest BCUT2D eigenvalue weighted by molar-refractivity contribution is 6.81. The highest BCUT2D eigenvalue weighted by Gasteiger charge is 2.31. The second-order valence-corrected chi connectivity index (χ2v) is 10.2. The lowest BCUT2D eigenvalue weighted by Crippen LogP contribution is -2.36. The fourth-order valence-corrected chi connectivity index (χ4v) is 4.45. The lowest BCUT2D eigenvalue weighted by molar-refractivity contribution is 0.884. The van der Waals surface area contributed by atoms with Crippen LogP contribution >= 0.6 is 0 Å². The molecule has 0 bridgehead atoms. The molecule has 0 aromatic carbocycles. The molecule has 0 aliphatic rings. The maximum absolute atomic E-state index is 2.53. The molecule has 0 radical (unpaired) electrons. The van der Waals surface area contributed by atoms with Gasteiger partial charge in [-0.05, 0) is 0 Å². The molecule has 0 rings (SSSR count). The van der Waals surface area contributed by atoms with Gasteiger partial charge in [-0.15, -0.1) is 0 Å². The van der Waals surface area contributed by atoms with E-state index in [0.717, 1.165) is 11.1 Å². The Balaban J connectivity index is 4.23. The molecule has 0 unspecified atom stereocenters. The van der Waals surface area contributed by atoms with Crippen molar-refractivity contribution >= 4 is 8.07 Å². The quantitative estimate of drug-likeness (QED) is 0.546. The van der Waals surface area contributed by atoms with Crippen LogP contribution in [0, 0.1) is 0 Å². The molecule has 0 aromatic rings. The van der Waals surface area contributed by atoms with Crippen LogP contribution in [0.25, 0.3) is 0 Å². The summed E-state index contributed by atoms with van der Waals surface area (Å²) in [7, 11) is -0.878. The van der Waals surface area contributed by atoms with E-state index in [4.69, 9.17) is 0 Å². The average molecular weight is 158 g/mol. The molecule has 0 heterocycles. The van der Waals surface area contributed by atoms with E-state index in [1.54, 1.807) is 0 Å². The molecule has 10 heavy (non-hydrogen) atoms. The zero-order chi connectivity index (χ0) is 8.36. The fraction of sp³-hybridized carbons (Fsp3) is 1.00. The summed E-state index contributed by atoms with van der Waals surface area (Å²) in [4.78, 5) is 0. The second-order valence-electron chi connectivity index (χ2n) is 4.17. The molecular formula is C9H22Si. The van der Waals surface area contributed by atoms with Crippen molar-refractivity contribution in [1.82, 2.24) is 0 Å². The highest BCUT2D eigenvalue weighted by atomic mass is 28.3. The topological polar surface area (TPSA) is 0 Å². The highest BCUT2D eigenvalue weighted by Crippen LogP contribution is 2.34. The van der Waals surface area contributed by atoms with Crippen molar-refractivity contribution in [2.45, 2.75) is 58.3 Å². The predicted molar refractivity (Wildman–Crippen MR) is 52.3 cm³/mol. The Morgan fingerprint density at radius 2 is 1.30 bits per heavy atom. The van der Waals surface area contributed by atoms with Gasteiger partial charge in [-0.1, -0.05) is 58.3 Å². The van der Waals surface area contributed by atoms with Gasteiger partial charge in [0.1, 0.15) is 0 Å². The van der Waals surface area contributed by atoms with Crippen LogP contribution < -0.4 is 0 Å². The Hall–Kier alpha value is 0.217. The Labute approximate surface area is 67.0 Å². The molecule has 0 N–H and O–H groups in total. The van der Waals surface area contributed by atoms with E-state index in [1.165, 1.54) is 6.04 Å². The van der Waals surface area contributed by atoms with Crippen LogP contribution in [-0.4, -0.2) is 8.07 Å². The smallest absolute Gasteiger partial charge is 0.0553 e. The third kappa shape index (κ3) is 1.85. The van der Waals surface area contributed by atoms with Crippen LogP contribution in [0.5, 0.6) is 0 Å². The molecule has 0 fully saturated rings. The number of rotatable bonds is 3. The van der Waals surface area contributed by atoms with Crippen molar-refractivity contribution in [2.75, 3.05) is 0 Å². The van der Waals surface area contributed by atoms with Crippen molar-refractivity contribution in [3.8, 4) is 0 Å². The molecule has 0 spiro atoms. The van der Waals surface area contributed by atoms with E-state index in [0.29, 0.717) is 0 Å². The van der Waals surface area contributed by atoms with Crippen LogP contribution in [0.4, 0.5) is 0 Å². The maximum Gasteiger partial charge on any atom is 0.0553 e. The summed E-state index contributed by atoms with van der Waals surface area (Å²) in [5, 5.41) is 0. The number of hydrogen-bond acceptors (Lipinski definition) is 0. The van der Waals surface area contributed by atoms with Gasteiger partial charge in [0, 0.05) is 0 Å². The van der Waals surface area contributed by atoms with E-state index < -0.39 is 8.07 Å².